The Bertz CT molecular complexity index is 690. The number of alkyl carbamates (subject to hydrolysis) is 1. The van der Waals surface area contributed by atoms with Gasteiger partial charge in [0.05, 0.1) is 4.90 Å². The summed E-state index contributed by atoms with van der Waals surface area (Å²) in [6.45, 7) is 6.60. The Morgan fingerprint density at radius 2 is 1.80 bits per heavy atom. The minimum absolute atomic E-state index is 0.0965. The average Bonchev–Trinajstić information content (AvgIpc) is 2.52. The van der Waals surface area contributed by atoms with Crippen molar-refractivity contribution in [3.8, 4) is 0 Å². The van der Waals surface area contributed by atoms with E-state index in [1.165, 1.54) is 16.4 Å². The van der Waals surface area contributed by atoms with E-state index in [0.717, 1.165) is 12.1 Å². The second-order valence-corrected chi connectivity index (χ2v) is 9.12. The zero-order valence-electron chi connectivity index (χ0n) is 14.8. The van der Waals surface area contributed by atoms with E-state index in [4.69, 9.17) is 4.74 Å². The molecule has 1 aliphatic rings. The maximum absolute atomic E-state index is 13.0. The number of nitrogens with zero attached hydrogens (tertiary/aromatic N) is 1. The molecule has 8 heteroatoms. The standard InChI is InChI=1S/C17H25FN2O4S/c1-17(2,3)24-16(21)19-12-13-8-10-20(11-9-13)25(22,23)15-6-4-14(18)5-7-15/h4-7,13H,8-12H2,1-3H3,(H,19,21). The fourth-order valence-corrected chi connectivity index (χ4v) is 4.12. The molecule has 1 amide bonds. The quantitative estimate of drug-likeness (QED) is 0.882. The van der Waals surface area contributed by atoms with Crippen LogP contribution in [0.2, 0.25) is 0 Å². The molecular weight excluding hydrogens is 347 g/mol. The molecule has 140 valence electrons. The first-order chi connectivity index (χ1) is 11.6. The van der Waals surface area contributed by atoms with Crippen LogP contribution in [-0.2, 0) is 14.8 Å². The molecule has 0 atom stereocenters. The molecule has 1 fully saturated rings. The van der Waals surface area contributed by atoms with Crippen molar-refractivity contribution in [1.29, 1.82) is 0 Å². The summed E-state index contributed by atoms with van der Waals surface area (Å²) in [5, 5.41) is 2.73. The Labute approximate surface area is 148 Å². The molecule has 0 aliphatic carbocycles. The van der Waals surface area contributed by atoms with E-state index < -0.39 is 27.5 Å². The fraction of sp³-hybridized carbons (Fsp3) is 0.588. The van der Waals surface area contributed by atoms with Gasteiger partial charge in [-0.2, -0.15) is 4.31 Å². The summed E-state index contributed by atoms with van der Waals surface area (Å²) in [7, 11) is -3.60. The van der Waals surface area contributed by atoms with Crippen molar-refractivity contribution in [2.75, 3.05) is 19.6 Å². The van der Waals surface area contributed by atoms with Crippen LogP contribution in [0.25, 0.3) is 0 Å². The van der Waals surface area contributed by atoms with Gasteiger partial charge in [0, 0.05) is 19.6 Å². The van der Waals surface area contributed by atoms with Gasteiger partial charge in [-0.15, -0.1) is 0 Å². The first kappa shape index (κ1) is 19.7. The van der Waals surface area contributed by atoms with Gasteiger partial charge in [-0.1, -0.05) is 0 Å². The zero-order chi connectivity index (χ0) is 18.7. The Morgan fingerprint density at radius 1 is 1.24 bits per heavy atom. The van der Waals surface area contributed by atoms with Crippen molar-refractivity contribution < 1.29 is 22.3 Å². The number of halogens is 1. The summed E-state index contributed by atoms with van der Waals surface area (Å²) in [4.78, 5) is 11.8. The largest absolute Gasteiger partial charge is 0.444 e. The van der Waals surface area contributed by atoms with Crippen LogP contribution in [0.4, 0.5) is 9.18 Å². The third-order valence-electron chi connectivity index (χ3n) is 3.96. The zero-order valence-corrected chi connectivity index (χ0v) is 15.6. The fourth-order valence-electron chi connectivity index (χ4n) is 2.65. The molecule has 0 bridgehead atoms. The van der Waals surface area contributed by atoms with E-state index in [2.05, 4.69) is 5.32 Å². The number of hydrogen-bond donors (Lipinski definition) is 1. The normalized spacial score (nSPS) is 17.3. The molecule has 1 saturated heterocycles. The van der Waals surface area contributed by atoms with Gasteiger partial charge in [-0.25, -0.2) is 17.6 Å². The summed E-state index contributed by atoms with van der Waals surface area (Å²) in [6.07, 6.45) is 0.834. The van der Waals surface area contributed by atoms with Gasteiger partial charge in [0.15, 0.2) is 0 Å². The molecule has 1 aromatic carbocycles. The van der Waals surface area contributed by atoms with Crippen molar-refractivity contribution in [2.45, 2.75) is 44.1 Å². The van der Waals surface area contributed by atoms with E-state index in [0.29, 0.717) is 32.5 Å². The predicted octanol–water partition coefficient (Wildman–Crippen LogP) is 2.75. The van der Waals surface area contributed by atoms with E-state index in [9.17, 15) is 17.6 Å². The highest BCUT2D eigenvalue weighted by Crippen LogP contribution is 2.23. The summed E-state index contributed by atoms with van der Waals surface area (Å²) in [5.41, 5.74) is -0.545. The third-order valence-corrected chi connectivity index (χ3v) is 5.87. The minimum Gasteiger partial charge on any atom is -0.444 e. The number of rotatable bonds is 4. The lowest BCUT2D eigenvalue weighted by Crippen LogP contribution is -2.42. The maximum atomic E-state index is 13.0. The molecule has 0 saturated carbocycles. The molecule has 0 radical (unpaired) electrons. The third kappa shape index (κ3) is 5.67. The number of hydrogen-bond acceptors (Lipinski definition) is 4. The van der Waals surface area contributed by atoms with Crippen LogP contribution in [0.15, 0.2) is 29.2 Å². The van der Waals surface area contributed by atoms with Crippen LogP contribution in [0.3, 0.4) is 0 Å². The molecule has 0 spiro atoms. The first-order valence-electron chi connectivity index (χ1n) is 8.30. The van der Waals surface area contributed by atoms with E-state index in [1.807, 2.05) is 0 Å². The SMILES string of the molecule is CC(C)(C)OC(=O)NCC1CCN(S(=O)(=O)c2ccc(F)cc2)CC1. The number of carbonyl (C=O) groups excluding carboxylic acids is 1. The second kappa shape index (κ2) is 7.70. The molecule has 0 unspecified atom stereocenters. The summed E-state index contributed by atoms with van der Waals surface area (Å²) in [6, 6.07) is 4.84. The monoisotopic (exact) mass is 372 g/mol. The van der Waals surface area contributed by atoms with Crippen LogP contribution >= 0.6 is 0 Å². The number of sulfonamides is 1. The van der Waals surface area contributed by atoms with E-state index >= 15 is 0 Å². The predicted molar refractivity (Wildman–Crippen MR) is 92.1 cm³/mol. The van der Waals surface area contributed by atoms with Gasteiger partial charge < -0.3 is 10.1 Å². The Morgan fingerprint density at radius 3 is 2.32 bits per heavy atom. The molecule has 1 aromatic rings. The lowest BCUT2D eigenvalue weighted by molar-refractivity contribution is 0.0513. The minimum atomic E-state index is -3.60. The number of amides is 1. The molecule has 1 N–H and O–H groups in total. The number of ether oxygens (including phenoxy) is 1. The molecule has 25 heavy (non-hydrogen) atoms. The van der Waals surface area contributed by atoms with Crippen molar-refractivity contribution in [2.24, 2.45) is 5.92 Å². The Hall–Kier alpha value is -1.67. The van der Waals surface area contributed by atoms with E-state index in [1.54, 1.807) is 20.8 Å². The Balaban J connectivity index is 1.85. The smallest absolute Gasteiger partial charge is 0.407 e. The van der Waals surface area contributed by atoms with Gasteiger partial charge in [0.1, 0.15) is 11.4 Å². The summed E-state index contributed by atoms with van der Waals surface area (Å²) >= 11 is 0. The van der Waals surface area contributed by atoms with Crippen molar-refractivity contribution in [1.82, 2.24) is 9.62 Å². The van der Waals surface area contributed by atoms with Crippen molar-refractivity contribution >= 4 is 16.1 Å². The summed E-state index contributed by atoms with van der Waals surface area (Å²) in [5.74, 6) is -0.266. The molecule has 0 aromatic heterocycles. The highest BCUT2D eigenvalue weighted by atomic mass is 32.2. The van der Waals surface area contributed by atoms with Crippen LogP contribution in [-0.4, -0.2) is 44.1 Å². The first-order valence-corrected chi connectivity index (χ1v) is 9.74. The van der Waals surface area contributed by atoms with Crippen LogP contribution in [0.1, 0.15) is 33.6 Å². The van der Waals surface area contributed by atoms with Crippen molar-refractivity contribution in [3.05, 3.63) is 30.1 Å². The molecule has 1 aliphatic heterocycles. The van der Waals surface area contributed by atoms with Gasteiger partial charge in [0.25, 0.3) is 0 Å². The molecule has 1 heterocycles. The van der Waals surface area contributed by atoms with Crippen molar-refractivity contribution in [3.63, 3.8) is 0 Å². The molecular formula is C17H25FN2O4S. The average molecular weight is 372 g/mol. The Kier molecular flexibility index (Phi) is 6.05. The van der Waals surface area contributed by atoms with E-state index in [-0.39, 0.29) is 10.8 Å². The van der Waals surface area contributed by atoms with Gasteiger partial charge >= 0.3 is 6.09 Å². The lowest BCUT2D eigenvalue weighted by Gasteiger charge is -2.31. The number of benzene rings is 1. The molecule has 6 nitrogen and oxygen atoms in total. The number of piperidine rings is 1. The topological polar surface area (TPSA) is 75.7 Å². The highest BCUT2D eigenvalue weighted by Gasteiger charge is 2.29. The van der Waals surface area contributed by atoms with Gasteiger partial charge in [-0.05, 0) is 63.8 Å². The maximum Gasteiger partial charge on any atom is 0.407 e. The number of nitrogens with one attached hydrogen (secondary N) is 1. The summed E-state index contributed by atoms with van der Waals surface area (Å²) < 4.78 is 44.6. The molecule has 2 rings (SSSR count). The van der Waals surface area contributed by atoms with Crippen LogP contribution in [0.5, 0.6) is 0 Å². The lowest BCUT2D eigenvalue weighted by atomic mass is 9.98. The van der Waals surface area contributed by atoms with Crippen LogP contribution in [0, 0.1) is 11.7 Å². The highest BCUT2D eigenvalue weighted by molar-refractivity contribution is 7.89. The number of carbonyl (C=O) groups is 1. The van der Waals surface area contributed by atoms with Crippen LogP contribution < -0.4 is 5.32 Å². The second-order valence-electron chi connectivity index (χ2n) is 7.18. The van der Waals surface area contributed by atoms with Gasteiger partial charge in [-0.3, -0.25) is 0 Å². The van der Waals surface area contributed by atoms with Gasteiger partial charge in [0.2, 0.25) is 10.0 Å².